The molecule has 0 radical (unpaired) electrons. The molecular weight excluding hydrogens is 509 g/mol. The second-order valence-electron chi connectivity index (χ2n) is 10.4. The van der Waals surface area contributed by atoms with Gasteiger partial charge >= 0.3 is 0 Å². The molecule has 0 aromatic heterocycles. The van der Waals surface area contributed by atoms with E-state index in [4.69, 9.17) is 0 Å². The van der Waals surface area contributed by atoms with Gasteiger partial charge in [0.25, 0.3) is 0 Å². The summed E-state index contributed by atoms with van der Waals surface area (Å²) >= 11 is 0. The third kappa shape index (κ3) is 4.91. The van der Waals surface area contributed by atoms with E-state index < -0.39 is 28.4 Å². The minimum Gasteiger partial charge on any atom is -0.296 e. The summed E-state index contributed by atoms with van der Waals surface area (Å²) in [6.45, 7) is 4.29. The number of nitrogens with zero attached hydrogens (tertiary/aromatic N) is 1. The van der Waals surface area contributed by atoms with Crippen LogP contribution in [0.5, 0.6) is 0 Å². The van der Waals surface area contributed by atoms with E-state index in [0.29, 0.717) is 17.2 Å². The van der Waals surface area contributed by atoms with Crippen LogP contribution >= 0.6 is 7.29 Å². The van der Waals surface area contributed by atoms with Crippen LogP contribution in [0.3, 0.4) is 0 Å². The lowest BCUT2D eigenvalue weighted by Crippen LogP contribution is -2.39. The molecule has 5 rings (SSSR count). The number of sulfone groups is 1. The molecule has 1 aliphatic rings. The Morgan fingerprint density at radius 2 is 1.18 bits per heavy atom. The van der Waals surface area contributed by atoms with E-state index in [1.165, 1.54) is 0 Å². The Morgan fingerprint density at radius 1 is 0.737 bits per heavy atom. The van der Waals surface area contributed by atoms with Gasteiger partial charge in [-0.2, -0.15) is 0 Å². The maximum Gasteiger partial charge on any atom is 0.208 e. The van der Waals surface area contributed by atoms with Crippen LogP contribution < -0.4 is 10.6 Å². The second-order valence-corrected chi connectivity index (χ2v) is 15.2. The van der Waals surface area contributed by atoms with Crippen molar-refractivity contribution in [3.63, 3.8) is 0 Å². The van der Waals surface area contributed by atoms with Gasteiger partial charge in [0.2, 0.25) is 7.29 Å². The number of hydrogen-bond donors (Lipinski definition) is 0. The van der Waals surface area contributed by atoms with E-state index in [2.05, 4.69) is 18.5 Å². The molecule has 196 valence electrons. The predicted octanol–water partition coefficient (Wildman–Crippen LogP) is 6.62. The summed E-state index contributed by atoms with van der Waals surface area (Å²) in [6, 6.07) is 36.9. The van der Waals surface area contributed by atoms with Gasteiger partial charge in [-0.05, 0) is 60.7 Å². The topological polar surface area (TPSA) is 54.5 Å². The third-order valence-electron chi connectivity index (χ3n) is 7.41. The largest absolute Gasteiger partial charge is 0.296 e. The highest BCUT2D eigenvalue weighted by molar-refractivity contribution is 7.92. The second kappa shape index (κ2) is 11.0. The minimum atomic E-state index is -3.73. The van der Waals surface area contributed by atoms with Crippen LogP contribution in [0.1, 0.15) is 38.3 Å². The Hall–Kier alpha value is -2.98. The molecule has 1 aliphatic heterocycles. The highest BCUT2D eigenvalue weighted by Crippen LogP contribution is 2.60. The van der Waals surface area contributed by atoms with Crippen LogP contribution in [0, 0.1) is 5.92 Å². The summed E-state index contributed by atoms with van der Waals surface area (Å²) in [5.41, 5.74) is 0.871. The van der Waals surface area contributed by atoms with Crippen molar-refractivity contribution >= 4 is 27.7 Å². The van der Waals surface area contributed by atoms with Crippen LogP contribution in [-0.4, -0.2) is 24.4 Å². The molecule has 4 nitrogen and oxygen atoms in total. The van der Waals surface area contributed by atoms with Crippen molar-refractivity contribution in [1.29, 1.82) is 0 Å². The predicted molar refractivity (Wildman–Crippen MR) is 156 cm³/mol. The zero-order valence-electron chi connectivity index (χ0n) is 21.8. The molecule has 3 atom stereocenters. The standard InChI is InChI=1S/C32H34NO3PS/c1-25(2)23-27-24-31(38(35,36)30-21-13-6-14-22-30)32(26-15-7-3-8-16-26)33(27)37(34,28-17-9-4-10-18-28)29-19-11-5-12-20-29/h3-22,25,27,31-32H,23-24H2,1-2H3/t27-,31-,32+/m0/s1. The minimum absolute atomic E-state index is 0.185. The van der Waals surface area contributed by atoms with Gasteiger partial charge < -0.3 is 0 Å². The molecule has 0 N–H and O–H groups in total. The van der Waals surface area contributed by atoms with Gasteiger partial charge in [-0.15, -0.1) is 0 Å². The molecule has 38 heavy (non-hydrogen) atoms. The Balaban J connectivity index is 1.79. The molecule has 4 aromatic carbocycles. The Bertz CT molecular complexity index is 1450. The summed E-state index contributed by atoms with van der Waals surface area (Å²) < 4.78 is 46.4. The first kappa shape index (κ1) is 26.6. The molecule has 0 aliphatic carbocycles. The monoisotopic (exact) mass is 543 g/mol. The average Bonchev–Trinajstić information content (AvgIpc) is 3.34. The molecule has 0 amide bonds. The van der Waals surface area contributed by atoms with E-state index >= 15 is 4.57 Å². The molecule has 1 saturated heterocycles. The molecule has 0 unspecified atom stereocenters. The highest BCUT2D eigenvalue weighted by Gasteiger charge is 2.55. The average molecular weight is 544 g/mol. The van der Waals surface area contributed by atoms with E-state index in [-0.39, 0.29) is 6.04 Å². The quantitative estimate of drug-likeness (QED) is 0.235. The van der Waals surface area contributed by atoms with Crippen molar-refractivity contribution in [2.75, 3.05) is 0 Å². The zero-order valence-corrected chi connectivity index (χ0v) is 23.5. The fraction of sp³-hybridized carbons (Fsp3) is 0.250. The molecule has 1 fully saturated rings. The molecule has 4 aromatic rings. The summed E-state index contributed by atoms with van der Waals surface area (Å²) in [6.07, 6.45) is 1.16. The van der Waals surface area contributed by atoms with Gasteiger partial charge in [-0.3, -0.25) is 4.57 Å². The summed E-state index contributed by atoms with van der Waals surface area (Å²) in [4.78, 5) is 0.310. The van der Waals surface area contributed by atoms with Crippen molar-refractivity contribution in [2.45, 2.75) is 48.9 Å². The van der Waals surface area contributed by atoms with E-state index in [1.54, 1.807) is 24.3 Å². The van der Waals surface area contributed by atoms with Crippen LogP contribution in [0.2, 0.25) is 0 Å². The van der Waals surface area contributed by atoms with Gasteiger partial charge in [0.15, 0.2) is 9.84 Å². The molecule has 0 spiro atoms. The van der Waals surface area contributed by atoms with Crippen LogP contribution in [0.15, 0.2) is 126 Å². The number of rotatable bonds is 8. The lowest BCUT2D eigenvalue weighted by atomic mass is 10.0. The molecule has 0 saturated carbocycles. The summed E-state index contributed by atoms with van der Waals surface area (Å²) in [5.74, 6) is 0.303. The summed E-state index contributed by atoms with van der Waals surface area (Å²) in [7, 11) is -7.16. The van der Waals surface area contributed by atoms with Gasteiger partial charge in [-0.1, -0.05) is 98.8 Å². The Labute approximate surface area is 226 Å². The normalized spacial score (nSPS) is 20.6. The van der Waals surface area contributed by atoms with E-state index in [1.807, 2.05) is 97.1 Å². The van der Waals surface area contributed by atoms with Gasteiger partial charge in [-0.25, -0.2) is 13.1 Å². The Morgan fingerprint density at radius 3 is 1.66 bits per heavy atom. The van der Waals surface area contributed by atoms with Crippen molar-refractivity contribution in [2.24, 2.45) is 5.92 Å². The first-order valence-corrected chi connectivity index (χ1v) is 16.4. The van der Waals surface area contributed by atoms with Crippen molar-refractivity contribution in [3.05, 3.63) is 127 Å². The maximum atomic E-state index is 15.7. The lowest BCUT2D eigenvalue weighted by Gasteiger charge is -2.39. The van der Waals surface area contributed by atoms with E-state index in [9.17, 15) is 8.42 Å². The third-order valence-corrected chi connectivity index (χ3v) is 12.8. The van der Waals surface area contributed by atoms with Crippen LogP contribution in [0.25, 0.3) is 0 Å². The highest BCUT2D eigenvalue weighted by atomic mass is 32.2. The van der Waals surface area contributed by atoms with Crippen molar-refractivity contribution in [1.82, 2.24) is 4.67 Å². The van der Waals surface area contributed by atoms with Crippen LogP contribution in [-0.2, 0) is 14.4 Å². The Kier molecular flexibility index (Phi) is 7.72. The lowest BCUT2D eigenvalue weighted by molar-refractivity contribution is 0.296. The van der Waals surface area contributed by atoms with Crippen molar-refractivity contribution < 1.29 is 13.0 Å². The molecular formula is C32H34NO3PS. The SMILES string of the molecule is CC(C)C[C@H]1C[C@H](S(=O)(=O)c2ccccc2)[C@@H](c2ccccc2)N1P(=O)(c1ccccc1)c1ccccc1. The smallest absolute Gasteiger partial charge is 0.208 e. The fourth-order valence-corrected chi connectivity index (χ4v) is 11.2. The number of benzene rings is 4. The fourth-order valence-electron chi connectivity index (χ4n) is 5.83. The molecule has 0 bridgehead atoms. The van der Waals surface area contributed by atoms with E-state index in [0.717, 1.165) is 22.6 Å². The molecule has 6 heteroatoms. The zero-order chi connectivity index (χ0) is 26.8. The first-order valence-electron chi connectivity index (χ1n) is 13.2. The maximum absolute atomic E-state index is 15.7. The van der Waals surface area contributed by atoms with Gasteiger partial charge in [0.05, 0.1) is 16.2 Å². The van der Waals surface area contributed by atoms with Crippen molar-refractivity contribution in [3.8, 4) is 0 Å². The van der Waals surface area contributed by atoms with Crippen LogP contribution in [0.4, 0.5) is 0 Å². The van der Waals surface area contributed by atoms with Gasteiger partial charge in [0.1, 0.15) is 0 Å². The molecule has 1 heterocycles. The number of hydrogen-bond acceptors (Lipinski definition) is 3. The van der Waals surface area contributed by atoms with Gasteiger partial charge in [0, 0.05) is 16.7 Å². The first-order chi connectivity index (χ1) is 18.3. The summed E-state index contributed by atoms with van der Waals surface area (Å²) in [5, 5.41) is 0.703.